The van der Waals surface area contributed by atoms with Gasteiger partial charge in [0.2, 0.25) is 0 Å². The van der Waals surface area contributed by atoms with Crippen molar-refractivity contribution in [2.75, 3.05) is 0 Å². The Kier molecular flexibility index (Phi) is 2.33. The van der Waals surface area contributed by atoms with Crippen LogP contribution in [-0.2, 0) is 12.8 Å². The fourth-order valence-corrected chi connectivity index (χ4v) is 2.90. The first-order valence-electron chi connectivity index (χ1n) is 6.62. The van der Waals surface area contributed by atoms with Gasteiger partial charge in [0.15, 0.2) is 5.65 Å². The maximum Gasteiger partial charge on any atom is 0.180 e. The minimum atomic E-state index is 0.462. The minimum Gasteiger partial charge on any atom is -0.339 e. The van der Waals surface area contributed by atoms with E-state index in [-0.39, 0.29) is 0 Å². The quantitative estimate of drug-likeness (QED) is 0.722. The van der Waals surface area contributed by atoms with E-state index in [4.69, 9.17) is 0 Å². The molecule has 4 heteroatoms. The van der Waals surface area contributed by atoms with Crippen LogP contribution in [0.4, 0.5) is 0 Å². The molecular formula is C15H14N4. The largest absolute Gasteiger partial charge is 0.339 e. The lowest BCUT2D eigenvalue weighted by atomic mass is 9.83. The Hall–Kier alpha value is -2.23. The van der Waals surface area contributed by atoms with Crippen molar-refractivity contribution >= 4 is 11.2 Å². The second-order valence-electron chi connectivity index (χ2n) is 5.09. The van der Waals surface area contributed by atoms with Crippen LogP contribution >= 0.6 is 0 Å². The van der Waals surface area contributed by atoms with E-state index in [1.807, 2.05) is 0 Å². The van der Waals surface area contributed by atoms with Crippen LogP contribution in [0.2, 0.25) is 0 Å². The molecule has 1 aromatic carbocycles. The molecule has 1 unspecified atom stereocenters. The molecule has 0 amide bonds. The van der Waals surface area contributed by atoms with Gasteiger partial charge in [0.1, 0.15) is 17.7 Å². The molecule has 2 aromatic heterocycles. The molecule has 0 fully saturated rings. The number of aryl methyl sites for hydroxylation is 1. The van der Waals surface area contributed by atoms with Crippen molar-refractivity contribution in [3.05, 3.63) is 53.7 Å². The number of imidazole rings is 1. The molecule has 0 bridgehead atoms. The van der Waals surface area contributed by atoms with Gasteiger partial charge in [-0.05, 0) is 30.4 Å². The lowest BCUT2D eigenvalue weighted by Crippen LogP contribution is -2.13. The molecule has 1 atom stereocenters. The van der Waals surface area contributed by atoms with Crippen molar-refractivity contribution in [1.82, 2.24) is 19.9 Å². The van der Waals surface area contributed by atoms with Crippen molar-refractivity contribution in [2.45, 2.75) is 25.2 Å². The molecule has 1 aliphatic carbocycles. The van der Waals surface area contributed by atoms with E-state index in [0.29, 0.717) is 5.92 Å². The second-order valence-corrected chi connectivity index (χ2v) is 5.09. The first-order valence-corrected chi connectivity index (χ1v) is 6.62. The fraction of sp³-hybridized carbons (Fsp3) is 0.267. The highest BCUT2D eigenvalue weighted by Gasteiger charge is 2.22. The number of benzene rings is 1. The highest BCUT2D eigenvalue weighted by Crippen LogP contribution is 2.31. The van der Waals surface area contributed by atoms with E-state index in [9.17, 15) is 0 Å². The topological polar surface area (TPSA) is 54.5 Å². The van der Waals surface area contributed by atoms with E-state index >= 15 is 0 Å². The molecule has 0 saturated carbocycles. The number of H-pyrrole nitrogens is 1. The monoisotopic (exact) mass is 250 g/mol. The van der Waals surface area contributed by atoms with Crippen LogP contribution in [0.25, 0.3) is 11.2 Å². The van der Waals surface area contributed by atoms with Gasteiger partial charge in [-0.3, -0.25) is 0 Å². The summed E-state index contributed by atoms with van der Waals surface area (Å²) in [5, 5.41) is 0. The number of hydrogen-bond acceptors (Lipinski definition) is 3. The molecule has 0 aliphatic heterocycles. The third-order valence-electron chi connectivity index (χ3n) is 3.91. The number of fused-ring (bicyclic) bond motifs is 2. The third kappa shape index (κ3) is 1.80. The van der Waals surface area contributed by atoms with Gasteiger partial charge < -0.3 is 4.98 Å². The second kappa shape index (κ2) is 4.16. The lowest BCUT2D eigenvalue weighted by molar-refractivity contribution is 0.561. The molecule has 2 heterocycles. The SMILES string of the molecule is c1ccc2c(c1)CCC(c1nc3ncncc3[nH]1)C2. The van der Waals surface area contributed by atoms with Crippen molar-refractivity contribution in [3.63, 3.8) is 0 Å². The van der Waals surface area contributed by atoms with E-state index in [0.717, 1.165) is 36.3 Å². The average Bonchev–Trinajstić information content (AvgIpc) is 2.90. The summed E-state index contributed by atoms with van der Waals surface area (Å²) in [6, 6.07) is 8.70. The fourth-order valence-electron chi connectivity index (χ4n) is 2.90. The molecule has 3 aromatic rings. The minimum absolute atomic E-state index is 0.462. The maximum absolute atomic E-state index is 4.60. The molecule has 4 rings (SSSR count). The highest BCUT2D eigenvalue weighted by molar-refractivity contribution is 5.68. The maximum atomic E-state index is 4.60. The van der Waals surface area contributed by atoms with E-state index < -0.39 is 0 Å². The van der Waals surface area contributed by atoms with Crippen LogP contribution in [-0.4, -0.2) is 19.9 Å². The van der Waals surface area contributed by atoms with Crippen LogP contribution in [0.5, 0.6) is 0 Å². The zero-order valence-electron chi connectivity index (χ0n) is 10.5. The number of nitrogens with one attached hydrogen (secondary N) is 1. The Morgan fingerprint density at radius 1 is 1.16 bits per heavy atom. The van der Waals surface area contributed by atoms with Crippen molar-refractivity contribution < 1.29 is 0 Å². The standard InChI is InChI=1S/C15H14N4/c1-2-4-11-7-12(6-5-10(11)3-1)14-18-13-8-16-9-17-15(13)19-14/h1-4,8-9,12H,5-7H2,(H,16,17,18,19). The van der Waals surface area contributed by atoms with E-state index in [1.54, 1.807) is 12.5 Å². The Balaban J connectivity index is 1.70. The summed E-state index contributed by atoms with van der Waals surface area (Å²) >= 11 is 0. The lowest BCUT2D eigenvalue weighted by Gasteiger charge is -2.22. The highest BCUT2D eigenvalue weighted by atomic mass is 15.0. The van der Waals surface area contributed by atoms with E-state index in [1.165, 1.54) is 11.1 Å². The zero-order valence-corrected chi connectivity index (χ0v) is 10.5. The number of aromatic amines is 1. The van der Waals surface area contributed by atoms with Crippen LogP contribution in [0, 0.1) is 0 Å². The molecule has 4 nitrogen and oxygen atoms in total. The molecule has 0 spiro atoms. The van der Waals surface area contributed by atoms with Gasteiger partial charge in [0, 0.05) is 5.92 Å². The Bertz CT molecular complexity index is 699. The third-order valence-corrected chi connectivity index (χ3v) is 3.91. The summed E-state index contributed by atoms with van der Waals surface area (Å²) in [6.45, 7) is 0. The number of rotatable bonds is 1. The van der Waals surface area contributed by atoms with Crippen LogP contribution in [0.15, 0.2) is 36.8 Å². The van der Waals surface area contributed by atoms with Gasteiger partial charge in [-0.25, -0.2) is 15.0 Å². The smallest absolute Gasteiger partial charge is 0.180 e. The zero-order chi connectivity index (χ0) is 12.7. The van der Waals surface area contributed by atoms with Gasteiger partial charge in [0.05, 0.1) is 6.20 Å². The van der Waals surface area contributed by atoms with Crippen molar-refractivity contribution in [2.24, 2.45) is 0 Å². The first kappa shape index (κ1) is 10.7. The van der Waals surface area contributed by atoms with Crippen LogP contribution in [0.1, 0.15) is 29.3 Å². The average molecular weight is 250 g/mol. The first-order chi connectivity index (χ1) is 9.40. The summed E-state index contributed by atoms with van der Waals surface area (Å²) in [6.07, 6.45) is 6.66. The Morgan fingerprint density at radius 3 is 2.95 bits per heavy atom. The Morgan fingerprint density at radius 2 is 2.05 bits per heavy atom. The van der Waals surface area contributed by atoms with Gasteiger partial charge in [-0.1, -0.05) is 24.3 Å². The number of hydrogen-bond donors (Lipinski definition) is 1. The molecule has 0 radical (unpaired) electrons. The molecule has 0 saturated heterocycles. The van der Waals surface area contributed by atoms with Crippen LogP contribution < -0.4 is 0 Å². The molecule has 19 heavy (non-hydrogen) atoms. The predicted octanol–water partition coefficient (Wildman–Crippen LogP) is 2.63. The van der Waals surface area contributed by atoms with Gasteiger partial charge >= 0.3 is 0 Å². The van der Waals surface area contributed by atoms with Crippen LogP contribution in [0.3, 0.4) is 0 Å². The summed E-state index contributed by atoms with van der Waals surface area (Å²) in [5.41, 5.74) is 4.63. The molecule has 1 aliphatic rings. The normalized spacial score (nSPS) is 18.4. The van der Waals surface area contributed by atoms with Gasteiger partial charge in [0.25, 0.3) is 0 Å². The summed E-state index contributed by atoms with van der Waals surface area (Å²) in [5.74, 6) is 1.51. The van der Waals surface area contributed by atoms with Gasteiger partial charge in [-0.2, -0.15) is 0 Å². The Labute approximate surface area is 110 Å². The number of aromatic nitrogens is 4. The molecule has 94 valence electrons. The van der Waals surface area contributed by atoms with Gasteiger partial charge in [-0.15, -0.1) is 0 Å². The molecular weight excluding hydrogens is 236 g/mol. The summed E-state index contributed by atoms with van der Waals surface area (Å²) in [7, 11) is 0. The number of nitrogens with zero attached hydrogens (tertiary/aromatic N) is 3. The van der Waals surface area contributed by atoms with Crippen molar-refractivity contribution in [1.29, 1.82) is 0 Å². The van der Waals surface area contributed by atoms with Crippen molar-refractivity contribution in [3.8, 4) is 0 Å². The summed E-state index contributed by atoms with van der Waals surface area (Å²) < 4.78 is 0. The van der Waals surface area contributed by atoms with E-state index in [2.05, 4.69) is 44.2 Å². The predicted molar refractivity (Wildman–Crippen MR) is 72.9 cm³/mol. The summed E-state index contributed by atoms with van der Waals surface area (Å²) in [4.78, 5) is 16.2. The molecule has 1 N–H and O–H groups in total.